The number of primary amides is 1. The van der Waals surface area contributed by atoms with Crippen LogP contribution in [0.5, 0.6) is 0 Å². The summed E-state index contributed by atoms with van der Waals surface area (Å²) >= 11 is 0. The van der Waals surface area contributed by atoms with Gasteiger partial charge < -0.3 is 21.1 Å². The van der Waals surface area contributed by atoms with Gasteiger partial charge in [0, 0.05) is 26.1 Å². The molecule has 0 saturated carbocycles. The summed E-state index contributed by atoms with van der Waals surface area (Å²) < 4.78 is 5.63. The average Bonchev–Trinajstić information content (AvgIpc) is 2.86. The Morgan fingerprint density at radius 2 is 2.00 bits per heavy atom. The molecule has 0 spiro atoms. The number of nitrogens with zero attached hydrogens (tertiary/aromatic N) is 1. The molecular weight excluding hydrogens is 282 g/mol. The van der Waals surface area contributed by atoms with E-state index in [1.165, 1.54) is 0 Å². The number of rotatable bonds is 4. The van der Waals surface area contributed by atoms with Crippen LogP contribution in [0.25, 0.3) is 0 Å². The van der Waals surface area contributed by atoms with Crippen molar-refractivity contribution in [3.63, 3.8) is 0 Å². The van der Waals surface area contributed by atoms with Gasteiger partial charge in [-0.3, -0.25) is 9.59 Å². The van der Waals surface area contributed by atoms with E-state index in [0.717, 1.165) is 32.2 Å². The Kier molecular flexibility index (Phi) is 6.71. The highest BCUT2D eigenvalue weighted by Gasteiger charge is 2.34. The minimum Gasteiger partial charge on any atom is -0.370 e. The van der Waals surface area contributed by atoms with Crippen molar-refractivity contribution in [3.05, 3.63) is 0 Å². The molecule has 0 radical (unpaired) electrons. The third kappa shape index (κ3) is 4.33. The van der Waals surface area contributed by atoms with Gasteiger partial charge in [0.2, 0.25) is 5.91 Å². The molecule has 2 saturated heterocycles. The zero-order valence-electron chi connectivity index (χ0n) is 11.6. The summed E-state index contributed by atoms with van der Waals surface area (Å²) in [5.41, 5.74) is 10.8. The Balaban J connectivity index is 0.00000200. The van der Waals surface area contributed by atoms with Crippen LogP contribution in [0.4, 0.5) is 0 Å². The van der Waals surface area contributed by atoms with Crippen molar-refractivity contribution in [2.45, 2.75) is 44.3 Å². The van der Waals surface area contributed by atoms with E-state index in [-0.39, 0.29) is 42.3 Å². The fourth-order valence-electron chi connectivity index (χ4n) is 2.98. The van der Waals surface area contributed by atoms with Crippen LogP contribution in [0.15, 0.2) is 0 Å². The first-order valence-electron chi connectivity index (χ1n) is 7.02. The number of ether oxygens (including phenoxy) is 1. The molecule has 2 aliphatic heterocycles. The lowest BCUT2D eigenvalue weighted by Crippen LogP contribution is -2.45. The first-order chi connectivity index (χ1) is 9.10. The normalized spacial score (nSPS) is 29.9. The second-order valence-electron chi connectivity index (χ2n) is 5.52. The minimum absolute atomic E-state index is 0. The highest BCUT2D eigenvalue weighted by Crippen LogP contribution is 2.24. The molecule has 0 aliphatic carbocycles. The standard InChI is InChI=1S/C13H23N3O3.ClH/c14-7-10-3-4-11(19-10)13(18)16-5-1-2-9(8-16)6-12(15)17;/h9-11H,1-8,14H2,(H2,15,17);1H/t9?,10-,11+;/m1./s1. The van der Waals surface area contributed by atoms with Gasteiger partial charge in [-0.05, 0) is 31.6 Å². The van der Waals surface area contributed by atoms with E-state index < -0.39 is 0 Å². The largest absolute Gasteiger partial charge is 0.370 e. The van der Waals surface area contributed by atoms with Crippen molar-refractivity contribution in [2.24, 2.45) is 17.4 Å². The number of halogens is 1. The third-order valence-corrected chi connectivity index (χ3v) is 3.97. The highest BCUT2D eigenvalue weighted by molar-refractivity contribution is 5.85. The van der Waals surface area contributed by atoms with Crippen LogP contribution in [0.2, 0.25) is 0 Å². The molecule has 2 rings (SSSR count). The maximum Gasteiger partial charge on any atom is 0.251 e. The maximum absolute atomic E-state index is 12.3. The molecule has 6 nitrogen and oxygen atoms in total. The third-order valence-electron chi connectivity index (χ3n) is 3.97. The Bertz CT molecular complexity index is 354. The molecular formula is C13H24ClN3O3. The molecule has 0 bridgehead atoms. The van der Waals surface area contributed by atoms with Crippen LogP contribution in [0, 0.1) is 5.92 Å². The van der Waals surface area contributed by atoms with Crippen LogP contribution >= 0.6 is 12.4 Å². The zero-order valence-corrected chi connectivity index (χ0v) is 12.4. The van der Waals surface area contributed by atoms with Gasteiger partial charge in [-0.1, -0.05) is 0 Å². The number of likely N-dealkylation sites (tertiary alicyclic amines) is 1. The van der Waals surface area contributed by atoms with Crippen molar-refractivity contribution in [1.29, 1.82) is 0 Å². The second kappa shape index (κ2) is 7.81. The zero-order chi connectivity index (χ0) is 13.8. The minimum atomic E-state index is -0.346. The molecule has 1 unspecified atom stereocenters. The second-order valence-corrected chi connectivity index (χ2v) is 5.52. The van der Waals surface area contributed by atoms with Crippen LogP contribution in [-0.2, 0) is 14.3 Å². The molecule has 0 aromatic carbocycles. The van der Waals surface area contributed by atoms with Crippen molar-refractivity contribution in [2.75, 3.05) is 19.6 Å². The summed E-state index contributed by atoms with van der Waals surface area (Å²) in [5.74, 6) is -0.0494. The van der Waals surface area contributed by atoms with Crippen molar-refractivity contribution in [1.82, 2.24) is 4.90 Å². The van der Waals surface area contributed by atoms with Crippen molar-refractivity contribution < 1.29 is 14.3 Å². The van der Waals surface area contributed by atoms with Gasteiger partial charge in [0.1, 0.15) is 6.10 Å². The van der Waals surface area contributed by atoms with E-state index in [0.29, 0.717) is 19.5 Å². The van der Waals surface area contributed by atoms with E-state index in [2.05, 4.69) is 0 Å². The van der Waals surface area contributed by atoms with Gasteiger partial charge in [0.25, 0.3) is 5.91 Å². The Morgan fingerprint density at radius 3 is 2.60 bits per heavy atom. The average molecular weight is 306 g/mol. The monoisotopic (exact) mass is 305 g/mol. The Hall–Kier alpha value is -0.850. The molecule has 2 fully saturated rings. The fourth-order valence-corrected chi connectivity index (χ4v) is 2.98. The molecule has 0 aromatic rings. The predicted molar refractivity (Wildman–Crippen MR) is 77.3 cm³/mol. The van der Waals surface area contributed by atoms with Crippen LogP contribution in [0.3, 0.4) is 0 Å². The van der Waals surface area contributed by atoms with Gasteiger partial charge >= 0.3 is 0 Å². The lowest BCUT2D eigenvalue weighted by atomic mass is 9.94. The fraction of sp³-hybridized carbons (Fsp3) is 0.846. The van der Waals surface area contributed by atoms with Crippen LogP contribution < -0.4 is 11.5 Å². The van der Waals surface area contributed by atoms with Gasteiger partial charge in [0.15, 0.2) is 0 Å². The summed E-state index contributed by atoms with van der Waals surface area (Å²) in [6, 6.07) is 0. The number of hydrogen-bond donors (Lipinski definition) is 2. The number of carbonyl (C=O) groups excluding carboxylic acids is 2. The van der Waals surface area contributed by atoms with E-state index in [1.807, 2.05) is 4.90 Å². The van der Waals surface area contributed by atoms with Crippen molar-refractivity contribution in [3.8, 4) is 0 Å². The SMILES string of the molecule is Cl.NC[C@H]1CC[C@@H](C(=O)N2CCCC(CC(N)=O)C2)O1. The number of piperidine rings is 1. The summed E-state index contributed by atoms with van der Waals surface area (Å²) in [6.45, 7) is 1.84. The van der Waals surface area contributed by atoms with Crippen molar-refractivity contribution >= 4 is 24.2 Å². The van der Waals surface area contributed by atoms with Crippen LogP contribution in [-0.4, -0.2) is 48.6 Å². The first kappa shape index (κ1) is 17.2. The molecule has 20 heavy (non-hydrogen) atoms. The molecule has 2 aliphatic rings. The predicted octanol–water partition coefficient (Wildman–Crippen LogP) is 0.0285. The number of carbonyl (C=O) groups is 2. The molecule has 3 atom stereocenters. The molecule has 2 amide bonds. The van der Waals surface area contributed by atoms with E-state index in [4.69, 9.17) is 16.2 Å². The topological polar surface area (TPSA) is 98.7 Å². The summed E-state index contributed by atoms with van der Waals surface area (Å²) in [6.07, 6.45) is 3.52. The molecule has 116 valence electrons. The molecule has 0 aromatic heterocycles. The van der Waals surface area contributed by atoms with E-state index >= 15 is 0 Å². The molecule has 2 heterocycles. The molecule has 7 heteroatoms. The first-order valence-corrected chi connectivity index (χ1v) is 7.02. The number of nitrogens with two attached hydrogens (primary N) is 2. The maximum atomic E-state index is 12.3. The molecule has 4 N–H and O–H groups in total. The lowest BCUT2D eigenvalue weighted by molar-refractivity contribution is -0.145. The summed E-state index contributed by atoms with van der Waals surface area (Å²) in [5, 5.41) is 0. The van der Waals surface area contributed by atoms with Gasteiger partial charge in [-0.25, -0.2) is 0 Å². The number of amides is 2. The Morgan fingerprint density at radius 1 is 1.25 bits per heavy atom. The van der Waals surface area contributed by atoms with Gasteiger partial charge in [-0.15, -0.1) is 12.4 Å². The van der Waals surface area contributed by atoms with Gasteiger partial charge in [0.05, 0.1) is 6.10 Å². The summed E-state index contributed by atoms with van der Waals surface area (Å²) in [7, 11) is 0. The lowest BCUT2D eigenvalue weighted by Gasteiger charge is -2.33. The number of hydrogen-bond acceptors (Lipinski definition) is 4. The van der Waals surface area contributed by atoms with E-state index in [1.54, 1.807) is 0 Å². The quantitative estimate of drug-likeness (QED) is 0.765. The highest BCUT2D eigenvalue weighted by atomic mass is 35.5. The van der Waals surface area contributed by atoms with Gasteiger partial charge in [-0.2, -0.15) is 0 Å². The van der Waals surface area contributed by atoms with Crippen LogP contribution in [0.1, 0.15) is 32.1 Å². The smallest absolute Gasteiger partial charge is 0.251 e. The summed E-state index contributed by atoms with van der Waals surface area (Å²) in [4.78, 5) is 25.1. The Labute approximate surface area is 125 Å². The van der Waals surface area contributed by atoms with E-state index in [9.17, 15) is 9.59 Å².